The van der Waals surface area contributed by atoms with Crippen LogP contribution in [0.3, 0.4) is 0 Å². The number of ether oxygens (including phenoxy) is 2. The SMILES string of the molecule is CCOc1ccc(C(=O)O[C@H](C)C(=O)Nc2ccccc2F)cc1[N+](=O)[O-]. The molecule has 0 radical (unpaired) electrons. The second-order valence-corrected chi connectivity index (χ2v) is 5.39. The second-order valence-electron chi connectivity index (χ2n) is 5.39. The number of carbonyl (C=O) groups is 2. The first-order chi connectivity index (χ1) is 12.8. The highest BCUT2D eigenvalue weighted by Gasteiger charge is 2.23. The van der Waals surface area contributed by atoms with Gasteiger partial charge in [0, 0.05) is 6.07 Å². The summed E-state index contributed by atoms with van der Waals surface area (Å²) < 4.78 is 23.7. The van der Waals surface area contributed by atoms with E-state index in [4.69, 9.17) is 9.47 Å². The maximum Gasteiger partial charge on any atom is 0.339 e. The van der Waals surface area contributed by atoms with E-state index in [1.54, 1.807) is 6.92 Å². The molecule has 2 aromatic carbocycles. The van der Waals surface area contributed by atoms with Gasteiger partial charge in [-0.15, -0.1) is 0 Å². The van der Waals surface area contributed by atoms with E-state index in [0.29, 0.717) is 0 Å². The summed E-state index contributed by atoms with van der Waals surface area (Å²) in [5.41, 5.74) is -0.562. The summed E-state index contributed by atoms with van der Waals surface area (Å²) in [5, 5.41) is 13.4. The number of amides is 1. The summed E-state index contributed by atoms with van der Waals surface area (Å²) in [4.78, 5) is 34.7. The fourth-order valence-electron chi connectivity index (χ4n) is 2.14. The number of para-hydroxylation sites is 1. The summed E-state index contributed by atoms with van der Waals surface area (Å²) >= 11 is 0. The van der Waals surface area contributed by atoms with E-state index >= 15 is 0 Å². The number of halogens is 1. The summed E-state index contributed by atoms with van der Waals surface area (Å²) in [7, 11) is 0. The predicted molar refractivity (Wildman–Crippen MR) is 94.2 cm³/mol. The monoisotopic (exact) mass is 376 g/mol. The number of nitrogens with one attached hydrogen (secondary N) is 1. The molecule has 0 saturated heterocycles. The highest BCUT2D eigenvalue weighted by Crippen LogP contribution is 2.28. The molecule has 0 aliphatic heterocycles. The van der Waals surface area contributed by atoms with Crippen molar-refractivity contribution in [2.75, 3.05) is 11.9 Å². The fourth-order valence-corrected chi connectivity index (χ4v) is 2.14. The molecular weight excluding hydrogens is 359 g/mol. The van der Waals surface area contributed by atoms with Gasteiger partial charge in [-0.25, -0.2) is 9.18 Å². The molecule has 0 fully saturated rings. The van der Waals surface area contributed by atoms with Crippen LogP contribution in [-0.2, 0) is 9.53 Å². The molecular formula is C18H17FN2O6. The van der Waals surface area contributed by atoms with Gasteiger partial charge in [-0.1, -0.05) is 12.1 Å². The predicted octanol–water partition coefficient (Wildman–Crippen LogP) is 3.32. The molecule has 0 heterocycles. The van der Waals surface area contributed by atoms with Gasteiger partial charge >= 0.3 is 11.7 Å². The van der Waals surface area contributed by atoms with E-state index in [0.717, 1.165) is 6.07 Å². The van der Waals surface area contributed by atoms with Crippen molar-refractivity contribution in [1.82, 2.24) is 0 Å². The summed E-state index contributed by atoms with van der Waals surface area (Å²) in [6.45, 7) is 3.19. The molecule has 0 bridgehead atoms. The highest BCUT2D eigenvalue weighted by atomic mass is 19.1. The van der Waals surface area contributed by atoms with E-state index in [2.05, 4.69) is 5.32 Å². The van der Waals surface area contributed by atoms with Crippen LogP contribution in [0.25, 0.3) is 0 Å². The largest absolute Gasteiger partial charge is 0.487 e. The van der Waals surface area contributed by atoms with Gasteiger partial charge in [0.25, 0.3) is 5.91 Å². The topological polar surface area (TPSA) is 108 Å². The van der Waals surface area contributed by atoms with Crippen LogP contribution in [-0.4, -0.2) is 29.5 Å². The molecule has 9 heteroatoms. The molecule has 0 unspecified atom stereocenters. The Labute approximate surface area is 154 Å². The Bertz CT molecular complexity index is 871. The van der Waals surface area contributed by atoms with Gasteiger partial charge in [-0.05, 0) is 38.1 Å². The van der Waals surface area contributed by atoms with Crippen molar-refractivity contribution in [3.8, 4) is 5.75 Å². The molecule has 142 valence electrons. The molecule has 2 aromatic rings. The lowest BCUT2D eigenvalue weighted by molar-refractivity contribution is -0.385. The maximum absolute atomic E-state index is 13.6. The smallest absolute Gasteiger partial charge is 0.339 e. The zero-order valence-electron chi connectivity index (χ0n) is 14.6. The molecule has 0 aromatic heterocycles. The lowest BCUT2D eigenvalue weighted by Gasteiger charge is -2.14. The van der Waals surface area contributed by atoms with Crippen LogP contribution < -0.4 is 10.1 Å². The van der Waals surface area contributed by atoms with E-state index in [-0.39, 0.29) is 23.6 Å². The molecule has 0 aliphatic carbocycles. The standard InChI is InChI=1S/C18H17FN2O6/c1-3-26-16-9-8-12(10-15(16)21(24)25)18(23)27-11(2)17(22)20-14-7-5-4-6-13(14)19/h4-11H,3H2,1-2H3,(H,20,22)/t11-/m1/s1. The van der Waals surface area contributed by atoms with Crippen LogP contribution >= 0.6 is 0 Å². The van der Waals surface area contributed by atoms with Crippen LogP contribution in [0.1, 0.15) is 24.2 Å². The summed E-state index contributed by atoms with van der Waals surface area (Å²) in [6.07, 6.45) is -1.25. The van der Waals surface area contributed by atoms with Gasteiger partial charge in [0.05, 0.1) is 22.8 Å². The molecule has 2 rings (SSSR count). The summed E-state index contributed by atoms with van der Waals surface area (Å²) in [6, 6.07) is 9.11. The Balaban J connectivity index is 2.09. The Kier molecular flexibility index (Phi) is 6.42. The quantitative estimate of drug-likeness (QED) is 0.451. The minimum atomic E-state index is -1.25. The third-order valence-corrected chi connectivity index (χ3v) is 3.48. The van der Waals surface area contributed by atoms with Crippen LogP contribution in [0.5, 0.6) is 5.75 Å². The highest BCUT2D eigenvalue weighted by molar-refractivity contribution is 5.97. The van der Waals surface area contributed by atoms with Crippen LogP contribution in [0.4, 0.5) is 15.8 Å². The van der Waals surface area contributed by atoms with Crippen molar-refractivity contribution in [2.45, 2.75) is 20.0 Å². The van der Waals surface area contributed by atoms with E-state index in [1.807, 2.05) is 0 Å². The number of hydrogen-bond acceptors (Lipinski definition) is 6. The number of nitro benzene ring substituents is 1. The van der Waals surface area contributed by atoms with Crippen LogP contribution in [0.15, 0.2) is 42.5 Å². The molecule has 8 nitrogen and oxygen atoms in total. The number of nitro groups is 1. The average molecular weight is 376 g/mol. The molecule has 1 amide bonds. The van der Waals surface area contributed by atoms with Crippen LogP contribution in [0.2, 0.25) is 0 Å². The normalized spacial score (nSPS) is 11.4. The number of esters is 1. The molecule has 1 N–H and O–H groups in total. The number of benzene rings is 2. The second kappa shape index (κ2) is 8.75. The van der Waals surface area contributed by atoms with Crippen molar-refractivity contribution >= 4 is 23.3 Å². The molecule has 0 spiro atoms. The molecule has 27 heavy (non-hydrogen) atoms. The lowest BCUT2D eigenvalue weighted by atomic mass is 10.2. The van der Waals surface area contributed by atoms with Crippen molar-refractivity contribution in [3.05, 3.63) is 64.0 Å². The zero-order valence-corrected chi connectivity index (χ0v) is 14.6. The first kappa shape index (κ1) is 19.8. The van der Waals surface area contributed by atoms with E-state index < -0.39 is 34.4 Å². The molecule has 1 atom stereocenters. The fraction of sp³-hybridized carbons (Fsp3) is 0.222. The third-order valence-electron chi connectivity index (χ3n) is 3.48. The molecule has 0 saturated carbocycles. The summed E-state index contributed by atoms with van der Waals surface area (Å²) in [5.74, 6) is -2.29. The number of carbonyl (C=O) groups excluding carboxylic acids is 2. The van der Waals surface area contributed by atoms with Crippen molar-refractivity contribution in [1.29, 1.82) is 0 Å². The average Bonchev–Trinajstić information content (AvgIpc) is 2.63. The first-order valence-electron chi connectivity index (χ1n) is 8.01. The Morgan fingerprint density at radius 3 is 2.59 bits per heavy atom. The number of rotatable bonds is 7. The Hall–Kier alpha value is -3.49. The first-order valence-corrected chi connectivity index (χ1v) is 8.01. The van der Waals surface area contributed by atoms with Gasteiger partial charge in [-0.3, -0.25) is 14.9 Å². The van der Waals surface area contributed by atoms with Gasteiger partial charge in [0.15, 0.2) is 11.9 Å². The maximum atomic E-state index is 13.6. The number of hydrogen-bond donors (Lipinski definition) is 1. The molecule has 0 aliphatic rings. The third kappa shape index (κ3) is 5.00. The number of anilines is 1. The zero-order chi connectivity index (χ0) is 20.0. The van der Waals surface area contributed by atoms with Gasteiger partial charge in [0.2, 0.25) is 0 Å². The van der Waals surface area contributed by atoms with Crippen LogP contribution in [0, 0.1) is 15.9 Å². The number of nitrogens with zero attached hydrogens (tertiary/aromatic N) is 1. The Morgan fingerprint density at radius 2 is 1.96 bits per heavy atom. The van der Waals surface area contributed by atoms with Gasteiger partial charge in [0.1, 0.15) is 5.82 Å². The lowest BCUT2D eigenvalue weighted by Crippen LogP contribution is -2.30. The van der Waals surface area contributed by atoms with Crippen molar-refractivity contribution < 1.29 is 28.4 Å². The van der Waals surface area contributed by atoms with E-state index in [1.165, 1.54) is 43.3 Å². The van der Waals surface area contributed by atoms with Crippen molar-refractivity contribution in [3.63, 3.8) is 0 Å². The van der Waals surface area contributed by atoms with Gasteiger partial charge in [-0.2, -0.15) is 0 Å². The van der Waals surface area contributed by atoms with Gasteiger partial charge < -0.3 is 14.8 Å². The van der Waals surface area contributed by atoms with Crippen molar-refractivity contribution in [2.24, 2.45) is 0 Å². The van der Waals surface area contributed by atoms with E-state index in [9.17, 15) is 24.1 Å². The Morgan fingerprint density at radius 1 is 1.26 bits per heavy atom. The minimum Gasteiger partial charge on any atom is -0.487 e. The minimum absolute atomic E-state index is 0.0180.